The van der Waals surface area contributed by atoms with Crippen LogP contribution in [0.2, 0.25) is 0 Å². The molecule has 2 aliphatic rings. The molecule has 4 rings (SSSR count). The highest BCUT2D eigenvalue weighted by molar-refractivity contribution is 6.04. The van der Waals surface area contributed by atoms with Crippen LogP contribution < -0.4 is 19.5 Å². The molecule has 2 aromatic rings. The van der Waals surface area contributed by atoms with Crippen LogP contribution in [0.1, 0.15) is 56.6 Å². The average molecular weight is 508 g/mol. The summed E-state index contributed by atoms with van der Waals surface area (Å²) in [6.45, 7) is 5.38. The Morgan fingerprint density at radius 3 is 2.24 bits per heavy atom. The molecule has 0 radical (unpaired) electrons. The Balaban J connectivity index is 1.80. The van der Waals surface area contributed by atoms with Crippen LogP contribution in [0, 0.1) is 0 Å². The zero-order valence-corrected chi connectivity index (χ0v) is 22.0. The first kappa shape index (κ1) is 26.1. The van der Waals surface area contributed by atoms with Gasteiger partial charge >= 0.3 is 5.97 Å². The number of phenolic OH excluding ortho intramolecular Hbond substituents is 1. The van der Waals surface area contributed by atoms with E-state index >= 15 is 0 Å². The van der Waals surface area contributed by atoms with E-state index in [4.69, 9.17) is 18.9 Å². The summed E-state index contributed by atoms with van der Waals surface area (Å²) in [5.74, 6) is 0.182. The molecule has 8 nitrogen and oxygen atoms in total. The lowest BCUT2D eigenvalue weighted by Crippen LogP contribution is -2.36. The van der Waals surface area contributed by atoms with Crippen molar-refractivity contribution in [2.75, 3.05) is 21.3 Å². The Labute approximate surface area is 216 Å². The second-order valence-electron chi connectivity index (χ2n) is 9.52. The van der Waals surface area contributed by atoms with Crippen LogP contribution in [-0.2, 0) is 14.3 Å². The molecule has 0 spiro atoms. The number of dihydropyridines is 1. The number of ketones is 1. The Kier molecular flexibility index (Phi) is 7.47. The predicted molar refractivity (Wildman–Crippen MR) is 138 cm³/mol. The Morgan fingerprint density at radius 1 is 0.946 bits per heavy atom. The van der Waals surface area contributed by atoms with Gasteiger partial charge in [-0.05, 0) is 68.5 Å². The molecule has 2 N–H and O–H groups in total. The molecular weight excluding hydrogens is 474 g/mol. The van der Waals surface area contributed by atoms with Gasteiger partial charge in [0.15, 0.2) is 28.8 Å². The minimum atomic E-state index is -0.657. The first-order chi connectivity index (χ1) is 17.7. The number of allylic oxidation sites excluding steroid dienone is 3. The second kappa shape index (κ2) is 10.6. The molecule has 2 unspecified atom stereocenters. The van der Waals surface area contributed by atoms with Gasteiger partial charge < -0.3 is 29.4 Å². The SMILES string of the molecule is COc1cc(C2C(C(=O)OC(C)C)=C(C)NC3=C2C(=O)CC(c2ccc(OC)c(OC)c2)C3)ccc1O. The third-order valence-electron chi connectivity index (χ3n) is 6.81. The summed E-state index contributed by atoms with van der Waals surface area (Å²) in [5, 5.41) is 13.5. The highest BCUT2D eigenvalue weighted by Crippen LogP contribution is 2.47. The maximum Gasteiger partial charge on any atom is 0.337 e. The van der Waals surface area contributed by atoms with Crippen LogP contribution >= 0.6 is 0 Å². The van der Waals surface area contributed by atoms with E-state index < -0.39 is 11.9 Å². The number of ether oxygens (including phenoxy) is 4. The Bertz CT molecular complexity index is 1290. The first-order valence-electron chi connectivity index (χ1n) is 12.2. The summed E-state index contributed by atoms with van der Waals surface area (Å²) in [7, 11) is 4.63. The Hall–Kier alpha value is -3.94. The van der Waals surface area contributed by atoms with Gasteiger partial charge in [-0.1, -0.05) is 12.1 Å². The zero-order chi connectivity index (χ0) is 26.9. The van der Waals surface area contributed by atoms with Crippen LogP contribution in [0.25, 0.3) is 0 Å². The van der Waals surface area contributed by atoms with Gasteiger partial charge in [-0.25, -0.2) is 4.79 Å². The van der Waals surface area contributed by atoms with Gasteiger partial charge in [0, 0.05) is 29.3 Å². The fourth-order valence-corrected chi connectivity index (χ4v) is 5.14. The summed E-state index contributed by atoms with van der Waals surface area (Å²) in [5.41, 5.74) is 3.93. The molecule has 0 aromatic heterocycles. The minimum Gasteiger partial charge on any atom is -0.504 e. The molecule has 0 saturated heterocycles. The number of aromatic hydroxyl groups is 1. The lowest BCUT2D eigenvalue weighted by atomic mass is 9.71. The van der Waals surface area contributed by atoms with Crippen molar-refractivity contribution in [1.82, 2.24) is 5.32 Å². The van der Waals surface area contributed by atoms with E-state index in [1.807, 2.05) is 25.1 Å². The Morgan fingerprint density at radius 2 is 1.59 bits per heavy atom. The number of methoxy groups -OCH3 is 3. The number of hydrogen-bond acceptors (Lipinski definition) is 8. The summed E-state index contributed by atoms with van der Waals surface area (Å²) >= 11 is 0. The van der Waals surface area contributed by atoms with E-state index in [1.165, 1.54) is 13.2 Å². The topological polar surface area (TPSA) is 103 Å². The van der Waals surface area contributed by atoms with Gasteiger partial charge in [0.2, 0.25) is 0 Å². The molecule has 0 saturated carbocycles. The van der Waals surface area contributed by atoms with Crippen molar-refractivity contribution in [1.29, 1.82) is 0 Å². The van der Waals surface area contributed by atoms with Crippen molar-refractivity contribution in [2.24, 2.45) is 0 Å². The zero-order valence-electron chi connectivity index (χ0n) is 22.0. The predicted octanol–water partition coefficient (Wildman–Crippen LogP) is 4.73. The number of rotatable bonds is 7. The molecular formula is C29H33NO7. The number of nitrogens with one attached hydrogen (secondary N) is 1. The number of hydrogen-bond donors (Lipinski definition) is 2. The van der Waals surface area contributed by atoms with Gasteiger partial charge in [-0.2, -0.15) is 0 Å². The molecule has 1 aliphatic carbocycles. The van der Waals surface area contributed by atoms with Crippen molar-refractivity contribution < 1.29 is 33.6 Å². The molecule has 8 heteroatoms. The highest BCUT2D eigenvalue weighted by Gasteiger charge is 2.42. The van der Waals surface area contributed by atoms with Crippen LogP contribution in [0.4, 0.5) is 0 Å². The number of esters is 1. The largest absolute Gasteiger partial charge is 0.504 e. The van der Waals surface area contributed by atoms with E-state index in [0.717, 1.165) is 11.3 Å². The number of phenols is 1. The van der Waals surface area contributed by atoms with Crippen molar-refractivity contribution in [3.8, 4) is 23.0 Å². The molecule has 1 heterocycles. The van der Waals surface area contributed by atoms with E-state index in [2.05, 4.69) is 5.32 Å². The lowest BCUT2D eigenvalue weighted by Gasteiger charge is -2.37. The molecule has 2 atom stereocenters. The summed E-state index contributed by atoms with van der Waals surface area (Å²) in [6, 6.07) is 10.6. The number of carbonyl (C=O) groups is 2. The molecule has 196 valence electrons. The maximum absolute atomic E-state index is 13.8. The number of Topliss-reactive ketones (excluding diaryl/α,β-unsaturated/α-hetero) is 1. The van der Waals surface area contributed by atoms with Crippen molar-refractivity contribution in [3.05, 3.63) is 70.1 Å². The van der Waals surface area contributed by atoms with Crippen molar-refractivity contribution >= 4 is 11.8 Å². The molecule has 37 heavy (non-hydrogen) atoms. The van der Waals surface area contributed by atoms with Crippen LogP contribution in [0.15, 0.2) is 58.9 Å². The van der Waals surface area contributed by atoms with Gasteiger partial charge in [-0.15, -0.1) is 0 Å². The summed E-state index contributed by atoms with van der Waals surface area (Å²) in [6.07, 6.45) is 0.522. The van der Waals surface area contributed by atoms with Crippen LogP contribution in [0.3, 0.4) is 0 Å². The molecule has 1 aliphatic heterocycles. The fourth-order valence-electron chi connectivity index (χ4n) is 5.14. The molecule has 0 bridgehead atoms. The quantitative estimate of drug-likeness (QED) is 0.519. The molecule has 0 fully saturated rings. The van der Waals surface area contributed by atoms with Crippen molar-refractivity contribution in [3.63, 3.8) is 0 Å². The van der Waals surface area contributed by atoms with E-state index in [-0.39, 0.29) is 35.7 Å². The fraction of sp³-hybridized carbons (Fsp3) is 0.379. The maximum atomic E-state index is 13.8. The van der Waals surface area contributed by atoms with E-state index in [1.54, 1.807) is 40.2 Å². The van der Waals surface area contributed by atoms with E-state index in [9.17, 15) is 14.7 Å². The molecule has 0 amide bonds. The highest BCUT2D eigenvalue weighted by atomic mass is 16.5. The summed E-state index contributed by atoms with van der Waals surface area (Å²) in [4.78, 5) is 27.0. The summed E-state index contributed by atoms with van der Waals surface area (Å²) < 4.78 is 21.7. The van der Waals surface area contributed by atoms with Gasteiger partial charge in [-0.3, -0.25) is 4.79 Å². The van der Waals surface area contributed by atoms with E-state index in [0.29, 0.717) is 40.3 Å². The third-order valence-corrected chi connectivity index (χ3v) is 6.81. The second-order valence-corrected chi connectivity index (χ2v) is 9.52. The first-order valence-corrected chi connectivity index (χ1v) is 12.2. The molecule has 2 aromatic carbocycles. The smallest absolute Gasteiger partial charge is 0.337 e. The van der Waals surface area contributed by atoms with Gasteiger partial charge in [0.1, 0.15) is 0 Å². The normalized spacial score (nSPS) is 19.4. The third kappa shape index (κ3) is 5.01. The number of carbonyl (C=O) groups excluding carboxylic acids is 2. The van der Waals surface area contributed by atoms with Crippen molar-refractivity contribution in [2.45, 2.75) is 51.6 Å². The monoisotopic (exact) mass is 507 g/mol. The average Bonchev–Trinajstić information content (AvgIpc) is 2.87. The lowest BCUT2D eigenvalue weighted by molar-refractivity contribution is -0.143. The van der Waals surface area contributed by atoms with Gasteiger partial charge in [0.05, 0.1) is 33.0 Å². The number of benzene rings is 2. The standard InChI is InChI=1S/C29H33NO7/c1-15(2)37-29(33)26-16(3)30-20-11-19(17-8-10-23(34-4)25(13-17)36-6)12-22(32)28(20)27(26)18-7-9-21(31)24(14-18)35-5/h7-10,13-15,19,27,30-31H,11-12H2,1-6H3. The van der Waals surface area contributed by atoms with Crippen LogP contribution in [0.5, 0.6) is 23.0 Å². The van der Waals surface area contributed by atoms with Crippen LogP contribution in [-0.4, -0.2) is 44.3 Å². The van der Waals surface area contributed by atoms with Gasteiger partial charge in [0.25, 0.3) is 0 Å². The minimum absolute atomic E-state index is 0.0233.